The number of benzene rings is 1. The number of rotatable bonds is 3. The van der Waals surface area contributed by atoms with E-state index < -0.39 is 23.5 Å². The first kappa shape index (κ1) is 12.2. The highest BCUT2D eigenvalue weighted by Crippen LogP contribution is 2.49. The number of hydrogen-bond donors (Lipinski definition) is 2. The van der Waals surface area contributed by atoms with Crippen molar-refractivity contribution < 1.29 is 14.3 Å². The lowest BCUT2D eigenvalue weighted by Gasteiger charge is -2.11. The van der Waals surface area contributed by atoms with E-state index in [1.54, 1.807) is 12.1 Å². The molecule has 0 radical (unpaired) electrons. The summed E-state index contributed by atoms with van der Waals surface area (Å²) in [4.78, 5) is 22.5. The second-order valence-corrected chi connectivity index (χ2v) is 4.39. The van der Waals surface area contributed by atoms with Crippen LogP contribution in [-0.4, -0.2) is 17.9 Å². The standard InChI is InChI=1S/C10H8Cl2N2O3/c11-5-3-1-2-4(6(5)12)10(9(14)16)7(17-10)8(13)15/h1-3,7H,(H2,13,15)(H2,14,16). The van der Waals surface area contributed by atoms with Crippen LogP contribution < -0.4 is 11.5 Å². The third kappa shape index (κ3) is 1.67. The molecule has 0 aromatic heterocycles. The van der Waals surface area contributed by atoms with Crippen LogP contribution in [0.25, 0.3) is 0 Å². The van der Waals surface area contributed by atoms with Gasteiger partial charge in [-0.2, -0.15) is 0 Å². The Morgan fingerprint density at radius 2 is 1.94 bits per heavy atom. The summed E-state index contributed by atoms with van der Waals surface area (Å²) in [6, 6.07) is 4.64. The van der Waals surface area contributed by atoms with E-state index >= 15 is 0 Å². The van der Waals surface area contributed by atoms with Gasteiger partial charge in [0.1, 0.15) is 0 Å². The highest BCUT2D eigenvalue weighted by Gasteiger charge is 2.67. The van der Waals surface area contributed by atoms with Crippen molar-refractivity contribution in [3.05, 3.63) is 33.8 Å². The molecule has 0 spiro atoms. The first-order chi connectivity index (χ1) is 7.91. The zero-order valence-corrected chi connectivity index (χ0v) is 9.96. The van der Waals surface area contributed by atoms with Crippen LogP contribution in [-0.2, 0) is 19.9 Å². The van der Waals surface area contributed by atoms with Crippen LogP contribution in [0, 0.1) is 0 Å². The molecule has 2 atom stereocenters. The number of halogens is 2. The van der Waals surface area contributed by atoms with Crippen molar-refractivity contribution in [2.24, 2.45) is 11.5 Å². The van der Waals surface area contributed by atoms with Gasteiger partial charge in [0, 0.05) is 5.56 Å². The molecule has 1 fully saturated rings. The Morgan fingerprint density at radius 3 is 2.41 bits per heavy atom. The second kappa shape index (κ2) is 3.87. The molecule has 17 heavy (non-hydrogen) atoms. The molecule has 1 heterocycles. The molecule has 1 aliphatic heterocycles. The molecule has 1 saturated heterocycles. The molecule has 90 valence electrons. The van der Waals surface area contributed by atoms with Gasteiger partial charge in [-0.25, -0.2) is 0 Å². The third-order valence-corrected chi connectivity index (χ3v) is 3.41. The molecule has 1 aliphatic rings. The highest BCUT2D eigenvalue weighted by molar-refractivity contribution is 6.42. The maximum Gasteiger partial charge on any atom is 0.257 e. The summed E-state index contributed by atoms with van der Waals surface area (Å²) in [6.45, 7) is 0. The van der Waals surface area contributed by atoms with Crippen molar-refractivity contribution in [2.75, 3.05) is 0 Å². The van der Waals surface area contributed by atoms with Gasteiger partial charge in [-0.15, -0.1) is 0 Å². The third-order valence-electron chi connectivity index (χ3n) is 2.59. The molecular formula is C10H8Cl2N2O3. The topological polar surface area (TPSA) is 98.7 Å². The number of nitrogens with two attached hydrogens (primary N) is 2. The Hall–Kier alpha value is -1.30. The van der Waals surface area contributed by atoms with Gasteiger partial charge in [-0.05, 0) is 6.07 Å². The Bertz CT molecular complexity index is 520. The summed E-state index contributed by atoms with van der Waals surface area (Å²) < 4.78 is 5.06. The molecule has 5 nitrogen and oxygen atoms in total. The van der Waals surface area contributed by atoms with E-state index in [1.165, 1.54) is 6.07 Å². The van der Waals surface area contributed by atoms with Crippen LogP contribution in [0.5, 0.6) is 0 Å². The van der Waals surface area contributed by atoms with E-state index in [0.29, 0.717) is 0 Å². The number of carbonyl (C=O) groups is 2. The van der Waals surface area contributed by atoms with Gasteiger partial charge in [0.25, 0.3) is 11.8 Å². The normalized spacial score (nSPS) is 26.6. The van der Waals surface area contributed by atoms with E-state index in [4.69, 9.17) is 39.4 Å². The smallest absolute Gasteiger partial charge is 0.257 e. The number of carbonyl (C=O) groups excluding carboxylic acids is 2. The SMILES string of the molecule is NC(=O)C1OC1(C(N)=O)c1cccc(Cl)c1Cl. The maximum absolute atomic E-state index is 11.5. The highest BCUT2D eigenvalue weighted by atomic mass is 35.5. The van der Waals surface area contributed by atoms with Gasteiger partial charge >= 0.3 is 0 Å². The lowest BCUT2D eigenvalue weighted by Crippen LogP contribution is -2.36. The number of amides is 2. The average molecular weight is 275 g/mol. The molecule has 4 N–H and O–H groups in total. The van der Waals surface area contributed by atoms with Crippen LogP contribution in [0.2, 0.25) is 10.0 Å². The van der Waals surface area contributed by atoms with Crippen LogP contribution in [0.3, 0.4) is 0 Å². The summed E-state index contributed by atoms with van der Waals surface area (Å²) in [5.41, 5.74) is 8.99. The zero-order valence-electron chi connectivity index (χ0n) is 8.44. The molecule has 1 aromatic carbocycles. The van der Waals surface area contributed by atoms with Gasteiger partial charge in [-0.1, -0.05) is 35.3 Å². The van der Waals surface area contributed by atoms with Crippen molar-refractivity contribution in [1.29, 1.82) is 0 Å². The second-order valence-electron chi connectivity index (χ2n) is 3.60. The summed E-state index contributed by atoms with van der Waals surface area (Å²) in [6.07, 6.45) is -1.10. The van der Waals surface area contributed by atoms with Crippen LogP contribution in [0.15, 0.2) is 18.2 Å². The minimum Gasteiger partial charge on any atom is -0.367 e. The summed E-state index contributed by atoms with van der Waals surface area (Å²) in [5.74, 6) is -1.61. The summed E-state index contributed by atoms with van der Waals surface area (Å²) in [7, 11) is 0. The molecule has 2 rings (SSSR count). The number of hydrogen-bond acceptors (Lipinski definition) is 3. The van der Waals surface area contributed by atoms with Gasteiger partial charge < -0.3 is 16.2 Å². The van der Waals surface area contributed by atoms with Gasteiger partial charge in [0.2, 0.25) is 5.60 Å². The molecule has 1 aromatic rings. The largest absolute Gasteiger partial charge is 0.367 e. The fourth-order valence-corrected chi connectivity index (χ4v) is 2.17. The minimum atomic E-state index is -1.59. The number of primary amides is 2. The van der Waals surface area contributed by atoms with E-state index in [-0.39, 0.29) is 15.6 Å². The lowest BCUT2D eigenvalue weighted by atomic mass is 9.94. The monoisotopic (exact) mass is 274 g/mol. The zero-order chi connectivity index (χ0) is 12.8. The lowest BCUT2D eigenvalue weighted by molar-refractivity contribution is -0.124. The van der Waals surface area contributed by atoms with Gasteiger partial charge in [-0.3, -0.25) is 9.59 Å². The molecule has 2 unspecified atom stereocenters. The molecule has 0 aliphatic carbocycles. The van der Waals surface area contributed by atoms with Gasteiger partial charge in [0.15, 0.2) is 6.10 Å². The Balaban J connectivity index is 2.54. The first-order valence-electron chi connectivity index (χ1n) is 4.62. The summed E-state index contributed by atoms with van der Waals surface area (Å²) >= 11 is 11.8. The van der Waals surface area contributed by atoms with Crippen LogP contribution in [0.4, 0.5) is 0 Å². The molecular weight excluding hydrogens is 267 g/mol. The fraction of sp³-hybridized carbons (Fsp3) is 0.200. The van der Waals surface area contributed by atoms with Crippen molar-refractivity contribution in [3.8, 4) is 0 Å². The first-order valence-corrected chi connectivity index (χ1v) is 5.38. The number of epoxide rings is 1. The maximum atomic E-state index is 11.5. The van der Waals surface area contributed by atoms with E-state index in [0.717, 1.165) is 0 Å². The van der Waals surface area contributed by atoms with Gasteiger partial charge in [0.05, 0.1) is 10.0 Å². The molecule has 0 saturated carbocycles. The molecule has 2 amide bonds. The fourth-order valence-electron chi connectivity index (χ4n) is 1.73. The van der Waals surface area contributed by atoms with Crippen molar-refractivity contribution in [1.82, 2.24) is 0 Å². The average Bonchev–Trinajstić information content (AvgIpc) is 2.98. The van der Waals surface area contributed by atoms with Crippen LogP contribution in [0.1, 0.15) is 5.56 Å². The Labute approximate surface area is 107 Å². The van der Waals surface area contributed by atoms with E-state index in [9.17, 15) is 9.59 Å². The molecule has 7 heteroatoms. The Morgan fingerprint density at radius 1 is 1.29 bits per heavy atom. The van der Waals surface area contributed by atoms with E-state index in [2.05, 4.69) is 0 Å². The van der Waals surface area contributed by atoms with Crippen molar-refractivity contribution in [2.45, 2.75) is 11.7 Å². The summed E-state index contributed by atoms with van der Waals surface area (Å²) in [5, 5.41) is 0.361. The van der Waals surface area contributed by atoms with Crippen molar-refractivity contribution >= 4 is 35.0 Å². The van der Waals surface area contributed by atoms with Crippen molar-refractivity contribution in [3.63, 3.8) is 0 Å². The number of ether oxygens (including phenoxy) is 1. The quantitative estimate of drug-likeness (QED) is 0.788. The predicted molar refractivity (Wildman–Crippen MR) is 61.4 cm³/mol. The Kier molecular flexibility index (Phi) is 2.77. The van der Waals surface area contributed by atoms with Crippen LogP contribution >= 0.6 is 23.2 Å². The molecule has 0 bridgehead atoms. The minimum absolute atomic E-state index is 0.122. The van der Waals surface area contributed by atoms with E-state index in [1.807, 2.05) is 0 Å². The predicted octanol–water partition coefficient (Wildman–Crippen LogP) is 0.558.